The zero-order valence-corrected chi connectivity index (χ0v) is 14.1. The molecule has 0 atom stereocenters. The second-order valence-corrected chi connectivity index (χ2v) is 4.93. The van der Waals surface area contributed by atoms with Crippen LogP contribution in [0.25, 0.3) is 0 Å². The number of rotatable bonds is 2. The van der Waals surface area contributed by atoms with Crippen LogP contribution in [0, 0.1) is 12.7 Å². The van der Waals surface area contributed by atoms with Crippen LogP contribution < -0.4 is 9.80 Å². The summed E-state index contributed by atoms with van der Waals surface area (Å²) in [5, 5.41) is 0. The summed E-state index contributed by atoms with van der Waals surface area (Å²) in [6, 6.07) is 30.1. The number of nitrogens with zero attached hydrogens (tertiary/aromatic N) is 2. The van der Waals surface area contributed by atoms with Crippen molar-refractivity contribution in [2.45, 2.75) is 0 Å². The van der Waals surface area contributed by atoms with Gasteiger partial charge in [0, 0.05) is 17.1 Å². The summed E-state index contributed by atoms with van der Waals surface area (Å²) < 4.78 is 0. The van der Waals surface area contributed by atoms with Crippen LogP contribution in [0.4, 0.5) is 22.7 Å². The van der Waals surface area contributed by atoms with E-state index in [0.29, 0.717) is 0 Å². The van der Waals surface area contributed by atoms with Crippen LogP contribution in [0.1, 0.15) is 0 Å². The van der Waals surface area contributed by atoms with E-state index in [2.05, 4.69) is 77.1 Å². The van der Waals surface area contributed by atoms with Gasteiger partial charge < -0.3 is 9.80 Å². The van der Waals surface area contributed by atoms with Crippen molar-refractivity contribution in [2.75, 3.05) is 9.80 Å². The average Bonchev–Trinajstić information content (AvgIpc) is 2.96. The zero-order valence-electron chi connectivity index (χ0n) is 11.8. The van der Waals surface area contributed by atoms with Crippen molar-refractivity contribution in [3.8, 4) is 0 Å². The first-order valence-electron chi connectivity index (χ1n) is 6.98. The summed E-state index contributed by atoms with van der Waals surface area (Å²) >= 11 is 0. The maximum Gasteiger partial charge on any atom is 2.00 e. The van der Waals surface area contributed by atoms with Crippen molar-refractivity contribution in [1.82, 2.24) is 0 Å². The Balaban J connectivity index is 0.00000144. The summed E-state index contributed by atoms with van der Waals surface area (Å²) in [6.07, 6.45) is 0. The van der Waals surface area contributed by atoms with Gasteiger partial charge in [0.1, 0.15) is 0 Å². The first-order chi connectivity index (χ1) is 10.4. The predicted octanol–water partition coefficient (Wildman–Crippen LogP) is 4.89. The van der Waals surface area contributed by atoms with Crippen LogP contribution in [0.15, 0.2) is 78.9 Å². The molecule has 0 radical (unpaired) electrons. The molecule has 0 saturated carbocycles. The summed E-state index contributed by atoms with van der Waals surface area (Å²) in [5.74, 6) is 0. The third-order valence-electron chi connectivity index (χ3n) is 3.62. The molecule has 0 N–H and O–H groups in total. The molecule has 0 spiro atoms. The first-order valence-corrected chi connectivity index (χ1v) is 6.98. The molecule has 1 aliphatic heterocycles. The Morgan fingerprint density at radius 2 is 1.32 bits per heavy atom. The molecule has 0 aliphatic carbocycles. The fraction of sp³-hybridized carbons (Fsp3) is 0. The van der Waals surface area contributed by atoms with Crippen LogP contribution in [-0.4, -0.2) is 0 Å². The van der Waals surface area contributed by atoms with E-state index in [-0.39, 0.29) is 21.1 Å². The molecule has 2 nitrogen and oxygen atoms in total. The summed E-state index contributed by atoms with van der Waals surface area (Å²) in [5.41, 5.74) is 4.55. The summed E-state index contributed by atoms with van der Waals surface area (Å²) in [7, 11) is 0. The Hall–Kier alpha value is -2.05. The maximum absolute atomic E-state index is 3.29. The SMILES string of the molecule is [Pt+2].[c-]1ccccc1N1[CH-]N(c2ccccc2)c2ccccc21. The average molecular weight is 465 g/mol. The van der Waals surface area contributed by atoms with Gasteiger partial charge in [-0.1, -0.05) is 30.3 Å². The fourth-order valence-electron chi connectivity index (χ4n) is 2.63. The minimum absolute atomic E-state index is 0. The minimum Gasteiger partial charge on any atom is -0.493 e. The summed E-state index contributed by atoms with van der Waals surface area (Å²) in [6.45, 7) is 2.12. The predicted molar refractivity (Wildman–Crippen MR) is 86.7 cm³/mol. The van der Waals surface area contributed by atoms with Gasteiger partial charge in [-0.15, -0.1) is 12.4 Å². The van der Waals surface area contributed by atoms with Gasteiger partial charge in [0.05, 0.1) is 0 Å². The Morgan fingerprint density at radius 1 is 0.682 bits per heavy atom. The van der Waals surface area contributed by atoms with Crippen LogP contribution >= 0.6 is 0 Å². The molecule has 1 heterocycles. The molecule has 0 unspecified atom stereocenters. The fourth-order valence-corrected chi connectivity index (χ4v) is 2.63. The second kappa shape index (κ2) is 6.37. The third kappa shape index (κ3) is 2.55. The van der Waals surface area contributed by atoms with Gasteiger partial charge in [-0.2, -0.15) is 30.3 Å². The third-order valence-corrected chi connectivity index (χ3v) is 3.62. The van der Waals surface area contributed by atoms with E-state index in [4.69, 9.17) is 0 Å². The van der Waals surface area contributed by atoms with Gasteiger partial charge >= 0.3 is 21.1 Å². The van der Waals surface area contributed by atoms with Crippen molar-refractivity contribution >= 4 is 22.7 Å². The van der Waals surface area contributed by atoms with Gasteiger partial charge in [-0.25, -0.2) is 0 Å². The van der Waals surface area contributed by atoms with Gasteiger partial charge in [-0.3, -0.25) is 0 Å². The largest absolute Gasteiger partial charge is 2.00 e. The van der Waals surface area contributed by atoms with Crippen LogP contribution in [-0.2, 0) is 21.1 Å². The van der Waals surface area contributed by atoms with E-state index in [1.165, 1.54) is 11.4 Å². The van der Waals surface area contributed by atoms with Crippen molar-refractivity contribution < 1.29 is 21.1 Å². The molecule has 22 heavy (non-hydrogen) atoms. The van der Waals surface area contributed by atoms with Crippen LogP contribution in [0.3, 0.4) is 0 Å². The molecule has 0 bridgehead atoms. The maximum atomic E-state index is 3.29. The number of anilines is 4. The second-order valence-electron chi connectivity index (χ2n) is 4.93. The molecular weight excluding hydrogens is 451 g/mol. The van der Waals surface area contributed by atoms with Crippen molar-refractivity contribution in [2.24, 2.45) is 0 Å². The van der Waals surface area contributed by atoms with Crippen molar-refractivity contribution in [3.63, 3.8) is 0 Å². The molecule has 110 valence electrons. The van der Waals surface area contributed by atoms with Gasteiger partial charge in [0.15, 0.2) is 0 Å². The Labute approximate surface area is 145 Å². The van der Waals surface area contributed by atoms with Crippen molar-refractivity contribution in [1.29, 1.82) is 0 Å². The Bertz CT molecular complexity index is 679. The monoisotopic (exact) mass is 465 g/mol. The molecule has 3 heteroatoms. The molecule has 0 amide bonds. The van der Waals surface area contributed by atoms with Crippen LogP contribution in [0.5, 0.6) is 0 Å². The Morgan fingerprint density at radius 3 is 2.00 bits per heavy atom. The quantitative estimate of drug-likeness (QED) is 0.498. The van der Waals surface area contributed by atoms with Crippen molar-refractivity contribution in [3.05, 3.63) is 91.6 Å². The van der Waals surface area contributed by atoms with E-state index in [0.717, 1.165) is 11.4 Å². The van der Waals surface area contributed by atoms with E-state index in [9.17, 15) is 0 Å². The van der Waals surface area contributed by atoms with Crippen LogP contribution in [0.2, 0.25) is 0 Å². The molecule has 3 aromatic carbocycles. The number of fused-ring (bicyclic) bond motifs is 1. The molecule has 1 aliphatic rings. The molecule has 3 aromatic rings. The number of hydrogen-bond acceptors (Lipinski definition) is 2. The normalized spacial score (nSPS) is 12.7. The number of para-hydroxylation sites is 4. The van der Waals surface area contributed by atoms with E-state index < -0.39 is 0 Å². The topological polar surface area (TPSA) is 6.48 Å². The van der Waals surface area contributed by atoms with Gasteiger partial charge in [0.25, 0.3) is 0 Å². The first kappa shape index (κ1) is 14.9. The molecule has 4 rings (SSSR count). The van der Waals surface area contributed by atoms with Gasteiger partial charge in [0.2, 0.25) is 0 Å². The standard InChI is InChI=1S/C19H14N2.Pt/c1-3-9-16(10-4-1)20-15-21(17-11-5-2-6-12-17)19-14-8-7-13-18(19)20;/h1-11,13-15H;/q-2;+2. The smallest absolute Gasteiger partial charge is 0.493 e. The molecule has 0 saturated heterocycles. The molecular formula is C19H14N2Pt. The zero-order chi connectivity index (χ0) is 14.1. The molecule has 0 fully saturated rings. The number of benzene rings is 3. The van der Waals surface area contributed by atoms with E-state index in [1.54, 1.807) is 0 Å². The van der Waals surface area contributed by atoms with E-state index >= 15 is 0 Å². The van der Waals surface area contributed by atoms with Gasteiger partial charge in [-0.05, 0) is 24.3 Å². The minimum atomic E-state index is 0. The van der Waals surface area contributed by atoms with E-state index in [1.807, 2.05) is 24.3 Å². The summed E-state index contributed by atoms with van der Waals surface area (Å²) in [4.78, 5) is 4.37. The Kier molecular flexibility index (Phi) is 4.31. The molecule has 0 aromatic heterocycles. The number of hydrogen-bond donors (Lipinski definition) is 0.